The number of ether oxygens (including phenoxy) is 1. The summed E-state index contributed by atoms with van der Waals surface area (Å²) < 4.78 is 5.08. The van der Waals surface area contributed by atoms with Crippen molar-refractivity contribution in [3.8, 4) is 0 Å². The normalized spacial score (nSPS) is 14.0. The molecule has 7 heteroatoms. The molecule has 130 valence electrons. The zero-order valence-corrected chi connectivity index (χ0v) is 14.2. The number of carbonyl (C=O) groups is 3. The van der Waals surface area contributed by atoms with Gasteiger partial charge in [-0.1, -0.05) is 18.2 Å². The fourth-order valence-corrected chi connectivity index (χ4v) is 2.33. The zero-order valence-electron chi connectivity index (χ0n) is 14.2. The Balaban J connectivity index is 1.77. The SMILES string of the molecule is CC(C)(C)OC(=O)NCCC(=O)NN1CCc2ccccc2C1=O. The van der Waals surface area contributed by atoms with Crippen molar-refractivity contribution in [2.75, 3.05) is 13.1 Å². The van der Waals surface area contributed by atoms with Gasteiger partial charge >= 0.3 is 6.09 Å². The Morgan fingerprint density at radius 2 is 1.96 bits per heavy atom. The molecule has 1 aromatic rings. The van der Waals surface area contributed by atoms with Crippen molar-refractivity contribution in [2.45, 2.75) is 39.2 Å². The molecule has 0 saturated carbocycles. The molecule has 0 fully saturated rings. The van der Waals surface area contributed by atoms with Gasteiger partial charge in [0.2, 0.25) is 5.91 Å². The first-order chi connectivity index (χ1) is 11.3. The molecule has 2 N–H and O–H groups in total. The molecule has 0 radical (unpaired) electrons. The second-order valence-corrected chi connectivity index (χ2v) is 6.58. The quantitative estimate of drug-likeness (QED) is 0.877. The largest absolute Gasteiger partial charge is 0.444 e. The van der Waals surface area contributed by atoms with Gasteiger partial charge in [0.1, 0.15) is 5.60 Å². The van der Waals surface area contributed by atoms with Gasteiger partial charge in [-0.05, 0) is 38.8 Å². The summed E-state index contributed by atoms with van der Waals surface area (Å²) in [6.45, 7) is 5.86. The van der Waals surface area contributed by atoms with Gasteiger partial charge < -0.3 is 10.1 Å². The van der Waals surface area contributed by atoms with Gasteiger partial charge in [-0.2, -0.15) is 0 Å². The predicted octanol–water partition coefficient (Wildman–Crippen LogP) is 1.63. The highest BCUT2D eigenvalue weighted by atomic mass is 16.6. The highest BCUT2D eigenvalue weighted by Gasteiger charge is 2.25. The van der Waals surface area contributed by atoms with Gasteiger partial charge in [-0.25, -0.2) is 9.80 Å². The highest BCUT2D eigenvalue weighted by molar-refractivity contribution is 5.97. The number of amides is 3. The van der Waals surface area contributed by atoms with E-state index in [0.717, 1.165) is 5.56 Å². The molecule has 24 heavy (non-hydrogen) atoms. The maximum Gasteiger partial charge on any atom is 0.407 e. The third kappa shape index (κ3) is 4.97. The lowest BCUT2D eigenvalue weighted by atomic mass is 10.0. The first-order valence-electron chi connectivity index (χ1n) is 7.92. The van der Waals surface area contributed by atoms with Gasteiger partial charge in [0.25, 0.3) is 5.91 Å². The summed E-state index contributed by atoms with van der Waals surface area (Å²) in [5.74, 6) is -0.552. The van der Waals surface area contributed by atoms with Gasteiger partial charge in [-0.3, -0.25) is 15.0 Å². The summed E-state index contributed by atoms with van der Waals surface area (Å²) in [7, 11) is 0. The summed E-state index contributed by atoms with van der Waals surface area (Å²) in [5.41, 5.74) is 3.59. The van der Waals surface area contributed by atoms with Gasteiger partial charge in [0.05, 0.1) is 0 Å². The van der Waals surface area contributed by atoms with Crippen LogP contribution in [0.15, 0.2) is 24.3 Å². The van der Waals surface area contributed by atoms with Crippen LogP contribution in [0.2, 0.25) is 0 Å². The topological polar surface area (TPSA) is 87.7 Å². The third-order valence-electron chi connectivity index (χ3n) is 3.38. The molecule has 1 aromatic carbocycles. The molecule has 1 aliphatic heterocycles. The lowest BCUT2D eigenvalue weighted by Crippen LogP contribution is -2.50. The van der Waals surface area contributed by atoms with Crippen molar-refractivity contribution in [3.63, 3.8) is 0 Å². The highest BCUT2D eigenvalue weighted by Crippen LogP contribution is 2.17. The van der Waals surface area contributed by atoms with Crippen molar-refractivity contribution < 1.29 is 19.1 Å². The van der Waals surface area contributed by atoms with E-state index in [9.17, 15) is 14.4 Å². The van der Waals surface area contributed by atoms with Crippen LogP contribution >= 0.6 is 0 Å². The van der Waals surface area contributed by atoms with Crippen molar-refractivity contribution in [2.24, 2.45) is 0 Å². The standard InChI is InChI=1S/C17H23N3O4/c1-17(2,3)24-16(23)18-10-8-14(21)19-20-11-9-12-6-4-5-7-13(12)15(20)22/h4-7H,8-11H2,1-3H3,(H,18,23)(H,19,21). The first-order valence-corrected chi connectivity index (χ1v) is 7.92. The van der Waals surface area contributed by atoms with Gasteiger partial charge in [0.15, 0.2) is 0 Å². The van der Waals surface area contributed by atoms with E-state index in [-0.39, 0.29) is 24.8 Å². The van der Waals surface area contributed by atoms with Gasteiger partial charge in [0, 0.05) is 25.1 Å². The number of nitrogens with zero attached hydrogens (tertiary/aromatic N) is 1. The van der Waals surface area contributed by atoms with Crippen molar-refractivity contribution in [1.29, 1.82) is 0 Å². The van der Waals surface area contributed by atoms with Crippen molar-refractivity contribution in [1.82, 2.24) is 15.8 Å². The summed E-state index contributed by atoms with van der Waals surface area (Å²) in [5, 5.41) is 3.83. The zero-order chi connectivity index (χ0) is 17.7. The van der Waals surface area contributed by atoms with Crippen LogP contribution in [-0.2, 0) is 16.0 Å². The second-order valence-electron chi connectivity index (χ2n) is 6.58. The van der Waals surface area contributed by atoms with E-state index in [1.54, 1.807) is 32.9 Å². The Bertz CT molecular complexity index is 637. The number of fused-ring (bicyclic) bond motifs is 1. The molecule has 0 unspecified atom stereocenters. The first kappa shape index (κ1) is 17.8. The summed E-state index contributed by atoms with van der Waals surface area (Å²) in [6, 6.07) is 7.35. The third-order valence-corrected chi connectivity index (χ3v) is 3.38. The molecule has 0 spiro atoms. The summed E-state index contributed by atoms with van der Waals surface area (Å²) in [6.07, 6.45) is 0.182. The van der Waals surface area contributed by atoms with Crippen LogP contribution in [0.25, 0.3) is 0 Å². The molecule has 1 aliphatic rings. The maximum absolute atomic E-state index is 12.3. The number of nitrogens with one attached hydrogen (secondary N) is 2. The number of hydrazine groups is 1. The Hall–Kier alpha value is -2.57. The molecule has 0 aromatic heterocycles. The van der Waals surface area contributed by atoms with E-state index in [0.29, 0.717) is 18.5 Å². The average molecular weight is 333 g/mol. The Morgan fingerprint density at radius 3 is 2.67 bits per heavy atom. The summed E-state index contributed by atoms with van der Waals surface area (Å²) >= 11 is 0. The van der Waals surface area contributed by atoms with Crippen LogP contribution in [0.3, 0.4) is 0 Å². The minimum atomic E-state index is -0.583. The van der Waals surface area contributed by atoms with E-state index in [4.69, 9.17) is 4.74 Å². The summed E-state index contributed by atoms with van der Waals surface area (Å²) in [4.78, 5) is 35.7. The fourth-order valence-electron chi connectivity index (χ4n) is 2.33. The number of hydrogen-bond acceptors (Lipinski definition) is 4. The minimum Gasteiger partial charge on any atom is -0.444 e. The molecule has 0 saturated heterocycles. The Labute approximate surface area is 141 Å². The number of alkyl carbamates (subject to hydrolysis) is 1. The lowest BCUT2D eigenvalue weighted by Gasteiger charge is -2.28. The van der Waals surface area contributed by atoms with E-state index in [1.807, 2.05) is 12.1 Å². The number of hydrogen-bond donors (Lipinski definition) is 2. The monoisotopic (exact) mass is 333 g/mol. The van der Waals surface area contributed by atoms with E-state index in [1.165, 1.54) is 5.01 Å². The Kier molecular flexibility index (Phi) is 5.43. The van der Waals surface area contributed by atoms with E-state index in [2.05, 4.69) is 10.7 Å². The fraction of sp³-hybridized carbons (Fsp3) is 0.471. The van der Waals surface area contributed by atoms with E-state index >= 15 is 0 Å². The molecule has 0 atom stereocenters. The van der Waals surface area contributed by atoms with Crippen molar-refractivity contribution in [3.05, 3.63) is 35.4 Å². The minimum absolute atomic E-state index is 0.0602. The number of carbonyl (C=O) groups excluding carboxylic acids is 3. The van der Waals surface area contributed by atoms with Crippen LogP contribution in [0.1, 0.15) is 43.1 Å². The van der Waals surface area contributed by atoms with Crippen LogP contribution in [0.5, 0.6) is 0 Å². The van der Waals surface area contributed by atoms with Gasteiger partial charge in [-0.15, -0.1) is 0 Å². The molecule has 0 bridgehead atoms. The number of benzene rings is 1. The molecule has 1 heterocycles. The van der Waals surface area contributed by atoms with Crippen molar-refractivity contribution >= 4 is 17.9 Å². The molecular formula is C17H23N3O4. The van der Waals surface area contributed by atoms with Crippen LogP contribution in [-0.4, -0.2) is 41.6 Å². The predicted molar refractivity (Wildman–Crippen MR) is 88.2 cm³/mol. The smallest absolute Gasteiger partial charge is 0.407 e. The van der Waals surface area contributed by atoms with Crippen LogP contribution in [0, 0.1) is 0 Å². The molecule has 7 nitrogen and oxygen atoms in total. The molecule has 2 rings (SSSR count). The average Bonchev–Trinajstić information content (AvgIpc) is 2.48. The second kappa shape index (κ2) is 7.33. The Morgan fingerprint density at radius 1 is 1.25 bits per heavy atom. The van der Waals surface area contributed by atoms with Crippen LogP contribution in [0.4, 0.5) is 4.79 Å². The lowest BCUT2D eigenvalue weighted by molar-refractivity contribution is -0.124. The van der Waals surface area contributed by atoms with E-state index < -0.39 is 11.7 Å². The molecule has 0 aliphatic carbocycles. The van der Waals surface area contributed by atoms with Crippen LogP contribution < -0.4 is 10.7 Å². The number of rotatable bonds is 4. The maximum atomic E-state index is 12.3. The molecular weight excluding hydrogens is 310 g/mol. The molecule has 3 amide bonds.